The maximum Gasteiger partial charge on any atom is 0.233 e. The quantitative estimate of drug-likeness (QED) is 0.538. The largest absolute Gasteiger partial charge is 0.342 e. The van der Waals surface area contributed by atoms with E-state index < -0.39 is 0 Å². The van der Waals surface area contributed by atoms with E-state index in [1.54, 1.807) is 0 Å². The third kappa shape index (κ3) is 4.65. The van der Waals surface area contributed by atoms with Crippen LogP contribution in [0.1, 0.15) is 24.8 Å². The molecule has 1 aromatic heterocycles. The molecule has 1 aliphatic heterocycles. The van der Waals surface area contributed by atoms with Gasteiger partial charge in [-0.15, -0.1) is 10.2 Å². The number of thioether (sulfide) groups is 1. The average molecular weight is 427 g/mol. The molecule has 0 spiro atoms. The number of hydrogen-bond acceptors (Lipinski definition) is 4. The summed E-state index contributed by atoms with van der Waals surface area (Å²) in [4.78, 5) is 14.6. The number of nitrogens with zero attached hydrogens (tertiary/aromatic N) is 4. The predicted octanol–water partition coefficient (Wildman–Crippen LogP) is 5.00. The molecule has 0 aliphatic carbocycles. The van der Waals surface area contributed by atoms with Crippen molar-refractivity contribution >= 4 is 29.3 Å². The van der Waals surface area contributed by atoms with Crippen molar-refractivity contribution < 1.29 is 4.79 Å². The first kappa shape index (κ1) is 20.0. The van der Waals surface area contributed by atoms with E-state index in [0.29, 0.717) is 15.9 Å². The van der Waals surface area contributed by atoms with Crippen LogP contribution < -0.4 is 0 Å². The highest BCUT2D eigenvalue weighted by molar-refractivity contribution is 7.99. The number of likely N-dealkylation sites (tertiary alicyclic amines) is 1. The molecule has 150 valence electrons. The lowest BCUT2D eigenvalue weighted by Gasteiger charge is -2.26. The standard InChI is InChI=1S/C22H23ClN4OS/c1-16-6-5-7-19(14-16)27-21(17-8-10-18(23)11-9-17)24-25-22(27)29-15-20(28)26-12-3-2-4-13-26/h5-11,14H,2-4,12-13,15H2,1H3. The molecule has 0 unspecified atom stereocenters. The van der Waals surface area contributed by atoms with Crippen LogP contribution in [0.25, 0.3) is 17.1 Å². The molecule has 1 amide bonds. The maximum absolute atomic E-state index is 12.6. The summed E-state index contributed by atoms with van der Waals surface area (Å²) in [5, 5.41) is 10.2. The Morgan fingerprint density at radius 1 is 1.07 bits per heavy atom. The van der Waals surface area contributed by atoms with Gasteiger partial charge in [0, 0.05) is 29.4 Å². The first-order chi connectivity index (χ1) is 14.1. The van der Waals surface area contributed by atoms with Gasteiger partial charge in [-0.25, -0.2) is 0 Å². The smallest absolute Gasteiger partial charge is 0.233 e. The summed E-state index contributed by atoms with van der Waals surface area (Å²) >= 11 is 7.49. The van der Waals surface area contributed by atoms with Crippen LogP contribution >= 0.6 is 23.4 Å². The van der Waals surface area contributed by atoms with Crippen molar-refractivity contribution in [2.45, 2.75) is 31.3 Å². The number of amides is 1. The van der Waals surface area contributed by atoms with Gasteiger partial charge < -0.3 is 4.90 Å². The summed E-state index contributed by atoms with van der Waals surface area (Å²) in [6.07, 6.45) is 3.40. The molecule has 2 aromatic carbocycles. The molecule has 7 heteroatoms. The summed E-state index contributed by atoms with van der Waals surface area (Å²) in [7, 11) is 0. The minimum Gasteiger partial charge on any atom is -0.342 e. The van der Waals surface area contributed by atoms with E-state index in [4.69, 9.17) is 11.6 Å². The van der Waals surface area contributed by atoms with E-state index in [0.717, 1.165) is 48.6 Å². The Balaban J connectivity index is 1.64. The van der Waals surface area contributed by atoms with Gasteiger partial charge in [0.1, 0.15) is 0 Å². The molecule has 0 radical (unpaired) electrons. The van der Waals surface area contributed by atoms with Crippen LogP contribution in [0.2, 0.25) is 5.02 Å². The Bertz CT molecular complexity index is 996. The third-order valence-electron chi connectivity index (χ3n) is 5.03. The van der Waals surface area contributed by atoms with Crippen molar-refractivity contribution in [3.05, 3.63) is 59.1 Å². The van der Waals surface area contributed by atoms with Gasteiger partial charge in [-0.05, 0) is 68.1 Å². The second-order valence-corrected chi connectivity index (χ2v) is 8.60. The van der Waals surface area contributed by atoms with Crippen LogP contribution in [0.3, 0.4) is 0 Å². The molecule has 29 heavy (non-hydrogen) atoms. The number of aryl methyl sites for hydroxylation is 1. The highest BCUT2D eigenvalue weighted by atomic mass is 35.5. The molecular formula is C22H23ClN4OS. The zero-order valence-electron chi connectivity index (χ0n) is 16.3. The molecule has 1 fully saturated rings. The molecule has 2 heterocycles. The number of benzene rings is 2. The summed E-state index contributed by atoms with van der Waals surface area (Å²) in [6, 6.07) is 15.8. The number of carbonyl (C=O) groups is 1. The molecule has 0 bridgehead atoms. The van der Waals surface area contributed by atoms with Crippen molar-refractivity contribution in [2.24, 2.45) is 0 Å². The number of halogens is 1. The Morgan fingerprint density at radius 3 is 2.55 bits per heavy atom. The molecule has 1 saturated heterocycles. The molecule has 1 aliphatic rings. The minimum absolute atomic E-state index is 0.168. The summed E-state index contributed by atoms with van der Waals surface area (Å²) < 4.78 is 2.02. The second kappa shape index (κ2) is 9.01. The zero-order chi connectivity index (χ0) is 20.2. The fourth-order valence-electron chi connectivity index (χ4n) is 3.51. The first-order valence-electron chi connectivity index (χ1n) is 9.81. The average Bonchev–Trinajstić information content (AvgIpc) is 3.17. The van der Waals surface area contributed by atoms with Gasteiger partial charge in [0.25, 0.3) is 0 Å². The lowest BCUT2D eigenvalue weighted by molar-refractivity contribution is -0.129. The summed E-state index contributed by atoms with van der Waals surface area (Å²) in [5.41, 5.74) is 3.06. The fourth-order valence-corrected chi connectivity index (χ4v) is 4.49. The monoisotopic (exact) mass is 426 g/mol. The molecule has 5 nitrogen and oxygen atoms in total. The van der Waals surface area contributed by atoms with Crippen LogP contribution in [0.4, 0.5) is 0 Å². The number of aromatic nitrogens is 3. The van der Waals surface area contributed by atoms with E-state index in [-0.39, 0.29) is 5.91 Å². The maximum atomic E-state index is 12.6. The highest BCUT2D eigenvalue weighted by Crippen LogP contribution is 2.29. The van der Waals surface area contributed by atoms with E-state index in [2.05, 4.69) is 29.3 Å². The molecule has 3 aromatic rings. The van der Waals surface area contributed by atoms with Gasteiger partial charge in [-0.3, -0.25) is 9.36 Å². The van der Waals surface area contributed by atoms with E-state index in [9.17, 15) is 4.79 Å². The molecule has 0 N–H and O–H groups in total. The number of piperidine rings is 1. The number of rotatable bonds is 5. The van der Waals surface area contributed by atoms with Gasteiger partial charge in [0.2, 0.25) is 5.91 Å². The Kier molecular flexibility index (Phi) is 6.21. The molecule has 4 rings (SSSR count). The highest BCUT2D eigenvalue weighted by Gasteiger charge is 2.20. The SMILES string of the molecule is Cc1cccc(-n2c(SCC(=O)N3CCCCC3)nnc2-c2ccc(Cl)cc2)c1. The van der Waals surface area contributed by atoms with Gasteiger partial charge in [-0.1, -0.05) is 35.5 Å². The number of carbonyl (C=O) groups excluding carboxylic acids is 1. The van der Waals surface area contributed by atoms with E-state index in [1.165, 1.54) is 18.2 Å². The molecule has 0 saturated carbocycles. The van der Waals surface area contributed by atoms with Crippen molar-refractivity contribution in [3.63, 3.8) is 0 Å². The van der Waals surface area contributed by atoms with Crippen LogP contribution in [-0.2, 0) is 4.79 Å². The van der Waals surface area contributed by atoms with Gasteiger partial charge in [0.15, 0.2) is 11.0 Å². The van der Waals surface area contributed by atoms with Gasteiger partial charge in [-0.2, -0.15) is 0 Å². The second-order valence-electron chi connectivity index (χ2n) is 7.22. The lowest BCUT2D eigenvalue weighted by Crippen LogP contribution is -2.36. The predicted molar refractivity (Wildman–Crippen MR) is 118 cm³/mol. The van der Waals surface area contributed by atoms with Crippen molar-refractivity contribution in [1.29, 1.82) is 0 Å². The topological polar surface area (TPSA) is 51.0 Å². The Hall–Kier alpha value is -2.31. The normalized spacial score (nSPS) is 14.2. The van der Waals surface area contributed by atoms with Crippen LogP contribution in [0, 0.1) is 6.92 Å². The molecular weight excluding hydrogens is 404 g/mol. The first-order valence-corrected chi connectivity index (χ1v) is 11.2. The van der Waals surface area contributed by atoms with Crippen LogP contribution in [-0.4, -0.2) is 44.4 Å². The fraction of sp³-hybridized carbons (Fsp3) is 0.318. The van der Waals surface area contributed by atoms with Crippen molar-refractivity contribution in [2.75, 3.05) is 18.8 Å². The zero-order valence-corrected chi connectivity index (χ0v) is 17.9. The van der Waals surface area contributed by atoms with Gasteiger partial charge in [0.05, 0.1) is 5.75 Å². The van der Waals surface area contributed by atoms with Crippen molar-refractivity contribution in [3.8, 4) is 17.1 Å². The number of hydrogen-bond donors (Lipinski definition) is 0. The Labute approximate surface area is 180 Å². The van der Waals surface area contributed by atoms with E-state index >= 15 is 0 Å². The van der Waals surface area contributed by atoms with Gasteiger partial charge >= 0.3 is 0 Å². The lowest BCUT2D eigenvalue weighted by atomic mass is 10.1. The third-order valence-corrected chi connectivity index (χ3v) is 6.19. The summed E-state index contributed by atoms with van der Waals surface area (Å²) in [6.45, 7) is 3.78. The van der Waals surface area contributed by atoms with Crippen LogP contribution in [0.5, 0.6) is 0 Å². The van der Waals surface area contributed by atoms with Crippen LogP contribution in [0.15, 0.2) is 53.7 Å². The summed E-state index contributed by atoms with van der Waals surface area (Å²) in [5.74, 6) is 1.27. The van der Waals surface area contributed by atoms with Crippen molar-refractivity contribution in [1.82, 2.24) is 19.7 Å². The minimum atomic E-state index is 0.168. The van der Waals surface area contributed by atoms with E-state index in [1.807, 2.05) is 45.9 Å². The Morgan fingerprint density at radius 2 is 1.83 bits per heavy atom. The molecule has 0 atom stereocenters.